The minimum absolute atomic E-state index is 0.0686. The van der Waals surface area contributed by atoms with Gasteiger partial charge in [-0.05, 0) is 24.6 Å². The lowest BCUT2D eigenvalue weighted by molar-refractivity contribution is 0.278. The first-order valence-corrected chi connectivity index (χ1v) is 6.64. The van der Waals surface area contributed by atoms with E-state index in [1.54, 1.807) is 0 Å². The number of aliphatic hydroxyl groups excluding tert-OH is 1. The van der Waals surface area contributed by atoms with Crippen molar-refractivity contribution in [2.45, 2.75) is 13.5 Å². The molecule has 0 aliphatic heterocycles. The number of imidazole rings is 1. The van der Waals surface area contributed by atoms with Gasteiger partial charge in [-0.15, -0.1) is 0 Å². The first-order valence-electron chi connectivity index (χ1n) is 6.64. The van der Waals surface area contributed by atoms with Crippen LogP contribution in [0.4, 0.5) is 5.69 Å². The number of aliphatic hydroxyl groups is 1. The second-order valence-corrected chi connectivity index (χ2v) is 4.84. The molecule has 4 heteroatoms. The quantitative estimate of drug-likeness (QED) is 0.717. The van der Waals surface area contributed by atoms with Gasteiger partial charge in [-0.3, -0.25) is 0 Å². The van der Waals surface area contributed by atoms with Gasteiger partial charge < -0.3 is 15.4 Å². The van der Waals surface area contributed by atoms with Gasteiger partial charge in [0.15, 0.2) is 0 Å². The van der Waals surface area contributed by atoms with Crippen LogP contribution in [0, 0.1) is 6.92 Å². The average Bonchev–Trinajstić information content (AvgIpc) is 2.80. The van der Waals surface area contributed by atoms with Gasteiger partial charge in [0.05, 0.1) is 17.8 Å². The Bertz CT molecular complexity index is 762. The van der Waals surface area contributed by atoms with Crippen LogP contribution in [-0.2, 0) is 6.54 Å². The number of anilines is 1. The zero-order valence-electron chi connectivity index (χ0n) is 11.4. The molecule has 0 bridgehead atoms. The van der Waals surface area contributed by atoms with Gasteiger partial charge in [0.1, 0.15) is 11.3 Å². The van der Waals surface area contributed by atoms with Crippen LogP contribution in [-0.4, -0.2) is 21.3 Å². The number of aromatic nitrogens is 2. The van der Waals surface area contributed by atoms with E-state index in [1.165, 1.54) is 0 Å². The highest BCUT2D eigenvalue weighted by Crippen LogP contribution is 2.29. The number of nitrogens with two attached hydrogens (primary N) is 1. The van der Waals surface area contributed by atoms with E-state index in [-0.39, 0.29) is 6.61 Å². The molecule has 3 rings (SSSR count). The number of para-hydroxylation sites is 1. The van der Waals surface area contributed by atoms with Crippen molar-refractivity contribution in [3.05, 3.63) is 48.0 Å². The summed E-state index contributed by atoms with van der Waals surface area (Å²) in [4.78, 5) is 4.69. The molecule has 1 aromatic heterocycles. The smallest absolute Gasteiger partial charge is 0.141 e. The SMILES string of the molecule is Cc1ccccc1-c1nc2c(N)cccc2n1CCO. The molecule has 0 fully saturated rings. The third kappa shape index (κ3) is 1.94. The van der Waals surface area contributed by atoms with E-state index >= 15 is 0 Å². The summed E-state index contributed by atoms with van der Waals surface area (Å²) in [5, 5.41) is 9.33. The van der Waals surface area contributed by atoms with Gasteiger partial charge in [0, 0.05) is 12.1 Å². The Labute approximate surface area is 117 Å². The second-order valence-electron chi connectivity index (χ2n) is 4.84. The van der Waals surface area contributed by atoms with E-state index in [1.807, 2.05) is 41.0 Å². The summed E-state index contributed by atoms with van der Waals surface area (Å²) >= 11 is 0. The molecule has 3 aromatic rings. The van der Waals surface area contributed by atoms with E-state index in [2.05, 4.69) is 18.0 Å². The molecule has 0 amide bonds. The van der Waals surface area contributed by atoms with Gasteiger partial charge >= 0.3 is 0 Å². The van der Waals surface area contributed by atoms with Gasteiger partial charge in [0.25, 0.3) is 0 Å². The van der Waals surface area contributed by atoms with Crippen molar-refractivity contribution in [2.75, 3.05) is 12.3 Å². The fourth-order valence-electron chi connectivity index (χ4n) is 2.52. The number of nitrogen functional groups attached to an aromatic ring is 1. The summed E-state index contributed by atoms with van der Waals surface area (Å²) in [6.45, 7) is 2.63. The summed E-state index contributed by atoms with van der Waals surface area (Å²) in [6.07, 6.45) is 0. The maximum Gasteiger partial charge on any atom is 0.141 e. The molecule has 20 heavy (non-hydrogen) atoms. The normalized spacial score (nSPS) is 11.1. The molecule has 102 valence electrons. The number of nitrogens with zero attached hydrogens (tertiary/aromatic N) is 2. The third-order valence-corrected chi connectivity index (χ3v) is 3.52. The number of aryl methyl sites for hydroxylation is 1. The van der Waals surface area contributed by atoms with Crippen LogP contribution >= 0.6 is 0 Å². The fraction of sp³-hybridized carbons (Fsp3) is 0.188. The molecular weight excluding hydrogens is 250 g/mol. The molecule has 0 saturated carbocycles. The Morgan fingerprint density at radius 2 is 1.95 bits per heavy atom. The van der Waals surface area contributed by atoms with Crippen molar-refractivity contribution >= 4 is 16.7 Å². The molecular formula is C16H17N3O. The predicted molar refractivity (Wildman–Crippen MR) is 81.4 cm³/mol. The van der Waals surface area contributed by atoms with Crippen molar-refractivity contribution < 1.29 is 5.11 Å². The van der Waals surface area contributed by atoms with Crippen LogP contribution in [0.1, 0.15) is 5.56 Å². The molecule has 3 N–H and O–H groups in total. The van der Waals surface area contributed by atoms with E-state index in [9.17, 15) is 5.11 Å². The fourth-order valence-corrected chi connectivity index (χ4v) is 2.52. The lowest BCUT2D eigenvalue weighted by Crippen LogP contribution is -2.04. The standard InChI is InChI=1S/C16H17N3O/c1-11-5-2-3-6-12(11)16-18-15-13(17)7-4-8-14(15)19(16)9-10-20/h2-8,20H,9-10,17H2,1H3. The van der Waals surface area contributed by atoms with Gasteiger partial charge in [-0.2, -0.15) is 0 Å². The maximum atomic E-state index is 9.33. The summed E-state index contributed by atoms with van der Waals surface area (Å²) in [5.74, 6) is 0.852. The van der Waals surface area contributed by atoms with Crippen LogP contribution in [0.5, 0.6) is 0 Å². The monoisotopic (exact) mass is 267 g/mol. The lowest BCUT2D eigenvalue weighted by atomic mass is 10.1. The molecule has 1 heterocycles. The molecule has 2 aromatic carbocycles. The van der Waals surface area contributed by atoms with Crippen molar-refractivity contribution in [3.8, 4) is 11.4 Å². The van der Waals surface area contributed by atoms with Gasteiger partial charge in [-0.1, -0.05) is 30.3 Å². The lowest BCUT2D eigenvalue weighted by Gasteiger charge is -2.09. The Morgan fingerprint density at radius 3 is 2.70 bits per heavy atom. The summed E-state index contributed by atoms with van der Waals surface area (Å²) < 4.78 is 2.02. The van der Waals surface area contributed by atoms with E-state index < -0.39 is 0 Å². The summed E-state index contributed by atoms with van der Waals surface area (Å²) in [5.41, 5.74) is 10.6. The number of rotatable bonds is 3. The average molecular weight is 267 g/mol. The van der Waals surface area contributed by atoms with E-state index in [0.29, 0.717) is 12.2 Å². The summed E-state index contributed by atoms with van der Waals surface area (Å²) in [7, 11) is 0. The van der Waals surface area contributed by atoms with Crippen LogP contribution in [0.25, 0.3) is 22.4 Å². The third-order valence-electron chi connectivity index (χ3n) is 3.52. The van der Waals surface area contributed by atoms with E-state index in [0.717, 1.165) is 28.0 Å². The van der Waals surface area contributed by atoms with Crippen LogP contribution in [0.15, 0.2) is 42.5 Å². The van der Waals surface area contributed by atoms with Crippen molar-refractivity contribution in [2.24, 2.45) is 0 Å². The summed E-state index contributed by atoms with van der Waals surface area (Å²) in [6, 6.07) is 13.8. The highest BCUT2D eigenvalue weighted by molar-refractivity contribution is 5.90. The van der Waals surface area contributed by atoms with Crippen molar-refractivity contribution in [3.63, 3.8) is 0 Å². The maximum absolute atomic E-state index is 9.33. The van der Waals surface area contributed by atoms with Crippen molar-refractivity contribution in [1.29, 1.82) is 0 Å². The highest BCUT2D eigenvalue weighted by Gasteiger charge is 2.14. The molecule has 0 spiro atoms. The molecule has 0 aliphatic carbocycles. The minimum atomic E-state index is 0.0686. The minimum Gasteiger partial charge on any atom is -0.397 e. The zero-order chi connectivity index (χ0) is 14.1. The number of hydrogen-bond donors (Lipinski definition) is 2. The Balaban J connectivity index is 2.32. The predicted octanol–water partition coefficient (Wildman–Crippen LogP) is 2.59. The first-order chi connectivity index (χ1) is 9.72. The second kappa shape index (κ2) is 4.98. The van der Waals surface area contributed by atoms with Gasteiger partial charge in [-0.25, -0.2) is 4.98 Å². The molecule has 0 saturated heterocycles. The Hall–Kier alpha value is -2.33. The Kier molecular flexibility index (Phi) is 3.16. The van der Waals surface area contributed by atoms with Crippen molar-refractivity contribution in [1.82, 2.24) is 9.55 Å². The number of fused-ring (bicyclic) bond motifs is 1. The van der Waals surface area contributed by atoms with Crippen LogP contribution in [0.3, 0.4) is 0 Å². The van der Waals surface area contributed by atoms with Gasteiger partial charge in [0.2, 0.25) is 0 Å². The van der Waals surface area contributed by atoms with Crippen LogP contribution in [0.2, 0.25) is 0 Å². The largest absolute Gasteiger partial charge is 0.397 e. The zero-order valence-corrected chi connectivity index (χ0v) is 11.4. The first kappa shape index (κ1) is 12.7. The Morgan fingerprint density at radius 1 is 1.15 bits per heavy atom. The van der Waals surface area contributed by atoms with Crippen LogP contribution < -0.4 is 5.73 Å². The molecule has 0 aliphatic rings. The molecule has 0 unspecified atom stereocenters. The molecule has 4 nitrogen and oxygen atoms in total. The number of benzene rings is 2. The number of hydrogen-bond acceptors (Lipinski definition) is 3. The molecule has 0 radical (unpaired) electrons. The van der Waals surface area contributed by atoms with E-state index in [4.69, 9.17) is 5.73 Å². The highest BCUT2D eigenvalue weighted by atomic mass is 16.3. The molecule has 0 atom stereocenters. The topological polar surface area (TPSA) is 64.1 Å².